The lowest BCUT2D eigenvalue weighted by Crippen LogP contribution is -2.43. The number of rotatable bonds is 5. The van der Waals surface area contributed by atoms with Crippen molar-refractivity contribution < 1.29 is 12.8 Å². The molecule has 0 N–H and O–H groups in total. The van der Waals surface area contributed by atoms with Gasteiger partial charge in [-0.25, -0.2) is 13.4 Å². The smallest absolute Gasteiger partial charge is 0.262 e. The van der Waals surface area contributed by atoms with Crippen LogP contribution in [0.4, 0.5) is 0 Å². The predicted molar refractivity (Wildman–Crippen MR) is 96.8 cm³/mol. The van der Waals surface area contributed by atoms with Gasteiger partial charge in [0.1, 0.15) is 5.76 Å². The van der Waals surface area contributed by atoms with Gasteiger partial charge < -0.3 is 8.98 Å². The molecule has 2 aromatic heterocycles. The number of nitrogens with zero attached hydrogens (tertiary/aromatic N) is 4. The molecule has 4 rings (SSSR count). The van der Waals surface area contributed by atoms with Crippen LogP contribution in [-0.2, 0) is 23.6 Å². The maximum absolute atomic E-state index is 12.9. The summed E-state index contributed by atoms with van der Waals surface area (Å²) in [4.78, 5) is 6.39. The van der Waals surface area contributed by atoms with Crippen molar-refractivity contribution in [2.75, 3.05) is 20.1 Å². The molecule has 26 heavy (non-hydrogen) atoms. The molecule has 0 radical (unpaired) electrons. The van der Waals surface area contributed by atoms with E-state index < -0.39 is 10.0 Å². The molecule has 0 unspecified atom stereocenters. The highest BCUT2D eigenvalue weighted by molar-refractivity contribution is 7.89. The molecule has 7 nitrogen and oxygen atoms in total. The summed E-state index contributed by atoms with van der Waals surface area (Å²) in [6.45, 7) is 1.94. The van der Waals surface area contributed by atoms with Gasteiger partial charge in [0, 0.05) is 32.4 Å². The topological polar surface area (TPSA) is 71.6 Å². The fraction of sp³-hybridized carbons (Fsp3) is 0.611. The second-order valence-corrected chi connectivity index (χ2v) is 9.50. The van der Waals surface area contributed by atoms with Crippen molar-refractivity contribution in [3.05, 3.63) is 36.7 Å². The molecule has 0 amide bonds. The van der Waals surface area contributed by atoms with Crippen molar-refractivity contribution in [3.8, 4) is 0 Å². The third-order valence-electron chi connectivity index (χ3n) is 5.86. The van der Waals surface area contributed by atoms with Crippen LogP contribution in [0.5, 0.6) is 0 Å². The molecule has 2 fully saturated rings. The van der Waals surface area contributed by atoms with Crippen LogP contribution in [0, 0.1) is 11.8 Å². The van der Waals surface area contributed by atoms with Crippen LogP contribution in [0.1, 0.15) is 25.0 Å². The molecule has 3 heterocycles. The molecule has 3 atom stereocenters. The average Bonchev–Trinajstić information content (AvgIpc) is 3.34. The molecule has 1 aliphatic heterocycles. The first-order valence-electron chi connectivity index (χ1n) is 9.16. The summed E-state index contributed by atoms with van der Waals surface area (Å²) in [6, 6.07) is 4.27. The molecule has 1 saturated carbocycles. The lowest BCUT2D eigenvalue weighted by atomic mass is 9.77. The highest BCUT2D eigenvalue weighted by atomic mass is 32.2. The largest absolute Gasteiger partial charge is 0.468 e. The number of hydrogen-bond donors (Lipinski definition) is 0. The molecular weight excluding hydrogens is 352 g/mol. The second kappa shape index (κ2) is 6.83. The normalized spacial score (nSPS) is 27.1. The summed E-state index contributed by atoms with van der Waals surface area (Å²) in [5.41, 5.74) is 0. The molecule has 0 spiro atoms. The van der Waals surface area contributed by atoms with Crippen molar-refractivity contribution in [3.63, 3.8) is 0 Å². The monoisotopic (exact) mass is 378 g/mol. The van der Waals surface area contributed by atoms with Gasteiger partial charge in [0.2, 0.25) is 0 Å². The number of hydrogen-bond acceptors (Lipinski definition) is 5. The van der Waals surface area contributed by atoms with Crippen molar-refractivity contribution in [2.45, 2.75) is 36.9 Å². The minimum absolute atomic E-state index is 0.152. The standard InChI is InChI=1S/C18H26N4O3S/c1-20-12-18(19-13-20)26(23,24)22-9-14-5-3-7-17(16(14)11-22)21(2)10-15-6-4-8-25-15/h4,6,8,12-14,16-17H,3,5,7,9-11H2,1-2H3/t14-,16-,17+/m0/s1. The van der Waals surface area contributed by atoms with Gasteiger partial charge >= 0.3 is 0 Å². The van der Waals surface area contributed by atoms with E-state index in [1.807, 2.05) is 12.1 Å². The molecular formula is C18H26N4O3S. The molecule has 2 aliphatic rings. The van der Waals surface area contributed by atoms with E-state index in [9.17, 15) is 8.42 Å². The Kier molecular flexibility index (Phi) is 4.66. The Hall–Kier alpha value is -1.64. The van der Waals surface area contributed by atoms with Crippen LogP contribution in [0.15, 0.2) is 40.4 Å². The molecule has 1 aliphatic carbocycles. The summed E-state index contributed by atoms with van der Waals surface area (Å²) in [5.74, 6) is 1.74. The van der Waals surface area contributed by atoms with Crippen LogP contribution in [0.25, 0.3) is 0 Å². The summed E-state index contributed by atoms with van der Waals surface area (Å²) >= 11 is 0. The van der Waals surface area contributed by atoms with Gasteiger partial charge in [-0.1, -0.05) is 6.42 Å². The maximum Gasteiger partial charge on any atom is 0.262 e. The SMILES string of the molecule is CN(Cc1ccco1)[C@@H]1CCC[C@H]2CN(S(=O)(=O)c3cn(C)cn3)C[C@@H]21. The van der Waals surface area contributed by atoms with Crippen LogP contribution in [0.2, 0.25) is 0 Å². The average molecular weight is 378 g/mol. The first-order valence-corrected chi connectivity index (χ1v) is 10.6. The Balaban J connectivity index is 1.50. The van der Waals surface area contributed by atoms with Crippen LogP contribution >= 0.6 is 0 Å². The zero-order valence-electron chi connectivity index (χ0n) is 15.3. The lowest BCUT2D eigenvalue weighted by molar-refractivity contribution is 0.0999. The Morgan fingerprint density at radius 1 is 1.35 bits per heavy atom. The number of sulfonamides is 1. The Morgan fingerprint density at radius 2 is 2.19 bits per heavy atom. The first-order chi connectivity index (χ1) is 12.4. The van der Waals surface area contributed by atoms with Gasteiger partial charge in [-0.2, -0.15) is 4.31 Å². The van der Waals surface area contributed by atoms with Gasteiger partial charge in [-0.05, 0) is 43.9 Å². The molecule has 0 bridgehead atoms. The van der Waals surface area contributed by atoms with Gasteiger partial charge in [-0.15, -0.1) is 0 Å². The molecule has 2 aromatic rings. The first kappa shape index (κ1) is 17.8. The van der Waals surface area contributed by atoms with Crippen molar-refractivity contribution in [2.24, 2.45) is 18.9 Å². The number of imidazole rings is 1. The lowest BCUT2D eigenvalue weighted by Gasteiger charge is -2.38. The number of aryl methyl sites for hydroxylation is 1. The van der Waals surface area contributed by atoms with Crippen molar-refractivity contribution >= 4 is 10.0 Å². The van der Waals surface area contributed by atoms with E-state index >= 15 is 0 Å². The van der Waals surface area contributed by atoms with Crippen LogP contribution < -0.4 is 0 Å². The van der Waals surface area contributed by atoms with E-state index in [1.54, 1.807) is 28.4 Å². The number of fused-ring (bicyclic) bond motifs is 1. The van der Waals surface area contributed by atoms with Crippen LogP contribution in [0.3, 0.4) is 0 Å². The third kappa shape index (κ3) is 3.21. The highest BCUT2D eigenvalue weighted by Gasteiger charge is 2.45. The van der Waals surface area contributed by atoms with E-state index in [2.05, 4.69) is 16.9 Å². The number of furan rings is 1. The van der Waals surface area contributed by atoms with Gasteiger partial charge in [0.25, 0.3) is 10.0 Å². The quantitative estimate of drug-likeness (QED) is 0.795. The zero-order chi connectivity index (χ0) is 18.3. The van der Waals surface area contributed by atoms with Crippen molar-refractivity contribution in [1.29, 1.82) is 0 Å². The van der Waals surface area contributed by atoms with E-state index in [1.165, 1.54) is 6.33 Å². The summed E-state index contributed by atoms with van der Waals surface area (Å²) in [6.07, 6.45) is 8.17. The minimum atomic E-state index is -3.51. The number of aromatic nitrogens is 2. The van der Waals surface area contributed by atoms with Crippen molar-refractivity contribution in [1.82, 2.24) is 18.8 Å². The van der Waals surface area contributed by atoms with E-state index in [0.717, 1.165) is 31.6 Å². The van der Waals surface area contributed by atoms with Gasteiger partial charge in [0.05, 0.1) is 19.1 Å². The molecule has 1 saturated heterocycles. The van der Waals surface area contributed by atoms with Gasteiger partial charge in [-0.3, -0.25) is 4.90 Å². The Labute approximate surface area is 154 Å². The zero-order valence-corrected chi connectivity index (χ0v) is 16.1. The third-order valence-corrected chi connectivity index (χ3v) is 7.58. The predicted octanol–water partition coefficient (Wildman–Crippen LogP) is 1.93. The highest BCUT2D eigenvalue weighted by Crippen LogP contribution is 2.40. The summed E-state index contributed by atoms with van der Waals surface area (Å²) in [5, 5.41) is 0.152. The van der Waals surface area contributed by atoms with E-state index in [0.29, 0.717) is 31.0 Å². The summed E-state index contributed by atoms with van der Waals surface area (Å²) < 4.78 is 34.7. The van der Waals surface area contributed by atoms with Crippen LogP contribution in [-0.4, -0.2) is 53.4 Å². The molecule has 0 aromatic carbocycles. The fourth-order valence-electron chi connectivity index (χ4n) is 4.56. The molecule has 8 heteroatoms. The summed E-state index contributed by atoms with van der Waals surface area (Å²) in [7, 11) is 0.393. The van der Waals surface area contributed by atoms with E-state index in [-0.39, 0.29) is 5.03 Å². The Morgan fingerprint density at radius 3 is 2.88 bits per heavy atom. The van der Waals surface area contributed by atoms with Gasteiger partial charge in [0.15, 0.2) is 5.03 Å². The Bertz CT molecular complexity index is 846. The maximum atomic E-state index is 12.9. The second-order valence-electron chi connectivity index (χ2n) is 7.62. The fourth-order valence-corrected chi connectivity index (χ4v) is 6.06. The minimum Gasteiger partial charge on any atom is -0.468 e. The van der Waals surface area contributed by atoms with E-state index in [4.69, 9.17) is 4.42 Å². The molecule has 142 valence electrons.